The first kappa shape index (κ1) is 12.6. The van der Waals surface area contributed by atoms with E-state index >= 15 is 0 Å². The smallest absolute Gasteiger partial charge is 0.347 e. The lowest BCUT2D eigenvalue weighted by Gasteiger charge is -2.02. The fourth-order valence-electron chi connectivity index (χ4n) is 1.79. The maximum absolute atomic E-state index is 11.9. The normalized spacial score (nSPS) is 10.8. The summed E-state index contributed by atoms with van der Waals surface area (Å²) in [5.41, 5.74) is 0.902. The molecule has 1 heterocycles. The van der Waals surface area contributed by atoms with Gasteiger partial charge in [0.25, 0.3) is 0 Å². The molecule has 3 nitrogen and oxygen atoms in total. The maximum Gasteiger partial charge on any atom is 0.347 e. The Morgan fingerprint density at radius 1 is 1.16 bits per heavy atom. The second kappa shape index (κ2) is 4.94. The molecule has 0 saturated carbocycles. The van der Waals surface area contributed by atoms with Gasteiger partial charge in [0.1, 0.15) is 0 Å². The molecule has 2 aromatic carbocycles. The first-order valence-electron chi connectivity index (χ1n) is 5.50. The van der Waals surface area contributed by atoms with Gasteiger partial charge in [0, 0.05) is 14.2 Å². The van der Waals surface area contributed by atoms with Crippen molar-refractivity contribution in [3.63, 3.8) is 0 Å². The molecule has 3 rings (SSSR count). The molecule has 19 heavy (non-hydrogen) atoms. The molecule has 5 heteroatoms. The van der Waals surface area contributed by atoms with E-state index in [1.54, 1.807) is 18.2 Å². The Morgan fingerprint density at radius 2 is 2.00 bits per heavy atom. The van der Waals surface area contributed by atoms with E-state index in [0.717, 1.165) is 9.13 Å². The third-order valence-electron chi connectivity index (χ3n) is 2.66. The van der Waals surface area contributed by atoms with E-state index in [0.29, 0.717) is 21.8 Å². The van der Waals surface area contributed by atoms with E-state index in [4.69, 9.17) is 16.0 Å². The van der Waals surface area contributed by atoms with Crippen molar-refractivity contribution in [1.82, 2.24) is 4.98 Å². The largest absolute Gasteiger partial charge is 0.403 e. The molecule has 94 valence electrons. The van der Waals surface area contributed by atoms with Crippen LogP contribution in [0.25, 0.3) is 22.4 Å². The number of aromatic nitrogens is 1. The number of benzene rings is 2. The van der Waals surface area contributed by atoms with Crippen molar-refractivity contribution in [3.05, 3.63) is 61.5 Å². The molecular formula is C14H7ClINO2. The highest BCUT2D eigenvalue weighted by Gasteiger charge is 2.09. The zero-order valence-electron chi connectivity index (χ0n) is 9.56. The number of fused-ring (bicyclic) bond motifs is 1. The predicted molar refractivity (Wildman–Crippen MR) is 83.4 cm³/mol. The van der Waals surface area contributed by atoms with E-state index in [1.807, 2.05) is 24.3 Å². The van der Waals surface area contributed by atoms with E-state index in [1.165, 1.54) is 0 Å². The Morgan fingerprint density at radius 3 is 2.79 bits per heavy atom. The Kier molecular flexibility index (Phi) is 3.28. The number of rotatable bonds is 1. The van der Waals surface area contributed by atoms with Crippen molar-refractivity contribution in [1.29, 1.82) is 0 Å². The lowest BCUT2D eigenvalue weighted by Crippen LogP contribution is -2.02. The zero-order valence-corrected chi connectivity index (χ0v) is 12.5. The molecule has 0 bridgehead atoms. The lowest BCUT2D eigenvalue weighted by atomic mass is 10.2. The van der Waals surface area contributed by atoms with Gasteiger partial charge in [-0.25, -0.2) is 9.78 Å². The minimum atomic E-state index is -0.407. The van der Waals surface area contributed by atoms with Crippen molar-refractivity contribution >= 4 is 45.1 Å². The van der Waals surface area contributed by atoms with Gasteiger partial charge in [0.05, 0.1) is 10.9 Å². The molecule has 1 aromatic heterocycles. The average molecular weight is 384 g/mol. The first-order valence-corrected chi connectivity index (χ1v) is 6.95. The maximum atomic E-state index is 11.9. The van der Waals surface area contributed by atoms with Gasteiger partial charge < -0.3 is 4.42 Å². The molecule has 0 radical (unpaired) electrons. The van der Waals surface area contributed by atoms with Crippen molar-refractivity contribution in [2.45, 2.75) is 0 Å². The van der Waals surface area contributed by atoms with Crippen molar-refractivity contribution in [3.8, 4) is 11.5 Å². The Balaban J connectivity index is 2.28. The molecule has 0 N–H and O–H groups in total. The van der Waals surface area contributed by atoms with Crippen LogP contribution in [0.4, 0.5) is 0 Å². The van der Waals surface area contributed by atoms with Crippen LogP contribution in [0.2, 0.25) is 5.02 Å². The lowest BCUT2D eigenvalue weighted by molar-refractivity contribution is 0.518. The van der Waals surface area contributed by atoms with E-state index in [2.05, 4.69) is 27.6 Å². The van der Waals surface area contributed by atoms with Gasteiger partial charge >= 0.3 is 5.63 Å². The highest BCUT2D eigenvalue weighted by atomic mass is 127. The van der Waals surface area contributed by atoms with Crippen molar-refractivity contribution in [2.75, 3.05) is 0 Å². The van der Waals surface area contributed by atoms with Crippen LogP contribution in [0.3, 0.4) is 0 Å². The van der Waals surface area contributed by atoms with Gasteiger partial charge in [0.15, 0.2) is 0 Å². The highest BCUT2D eigenvalue weighted by Crippen LogP contribution is 2.22. The minimum absolute atomic E-state index is 0.304. The van der Waals surface area contributed by atoms with Crippen LogP contribution in [0.15, 0.2) is 51.7 Å². The molecule has 0 aliphatic rings. The Bertz CT molecular complexity index is 829. The summed E-state index contributed by atoms with van der Waals surface area (Å²) in [4.78, 5) is 16.3. The second-order valence-electron chi connectivity index (χ2n) is 3.98. The van der Waals surface area contributed by atoms with Gasteiger partial charge in [-0.15, -0.1) is 0 Å². The molecule has 0 amide bonds. The SMILES string of the molecule is O=c1oc(-c2cccc(I)c2)nc2cc(Cl)ccc12. The first-order chi connectivity index (χ1) is 9.13. The molecule has 0 spiro atoms. The summed E-state index contributed by atoms with van der Waals surface area (Å²) < 4.78 is 6.31. The number of hydrogen-bond donors (Lipinski definition) is 0. The molecule has 0 atom stereocenters. The summed E-state index contributed by atoms with van der Waals surface area (Å²) in [5, 5.41) is 0.970. The zero-order chi connectivity index (χ0) is 13.4. The number of halogens is 2. The second-order valence-corrected chi connectivity index (χ2v) is 5.66. The summed E-state index contributed by atoms with van der Waals surface area (Å²) in [6.45, 7) is 0. The van der Waals surface area contributed by atoms with E-state index < -0.39 is 5.63 Å². The molecule has 0 aliphatic carbocycles. The van der Waals surface area contributed by atoms with Gasteiger partial charge in [-0.3, -0.25) is 0 Å². The quantitative estimate of drug-likeness (QED) is 0.594. The van der Waals surface area contributed by atoms with E-state index in [-0.39, 0.29) is 0 Å². The molecule has 0 fully saturated rings. The summed E-state index contributed by atoms with van der Waals surface area (Å²) in [6, 6.07) is 12.5. The standard InChI is InChI=1S/C14H7ClINO2/c15-9-4-5-11-12(7-9)17-13(19-14(11)18)8-2-1-3-10(16)6-8/h1-7H. The van der Waals surface area contributed by atoms with Crippen LogP contribution in [0.5, 0.6) is 0 Å². The summed E-state index contributed by atoms with van der Waals surface area (Å²) >= 11 is 8.12. The third kappa shape index (κ3) is 2.50. The molecule has 0 saturated heterocycles. The van der Waals surface area contributed by atoms with Gasteiger partial charge in [-0.05, 0) is 59.0 Å². The van der Waals surface area contributed by atoms with Crippen LogP contribution in [-0.2, 0) is 0 Å². The van der Waals surface area contributed by atoms with Crippen LogP contribution in [-0.4, -0.2) is 4.98 Å². The molecule has 0 unspecified atom stereocenters. The number of hydrogen-bond acceptors (Lipinski definition) is 3. The summed E-state index contributed by atoms with van der Waals surface area (Å²) in [6.07, 6.45) is 0. The molecule has 3 aromatic rings. The van der Waals surface area contributed by atoms with Gasteiger partial charge in [-0.1, -0.05) is 17.7 Å². The minimum Gasteiger partial charge on any atom is -0.403 e. The molecular weight excluding hydrogens is 377 g/mol. The van der Waals surface area contributed by atoms with Crippen LogP contribution in [0, 0.1) is 3.57 Å². The third-order valence-corrected chi connectivity index (χ3v) is 3.57. The monoisotopic (exact) mass is 383 g/mol. The Hall–Kier alpha value is -1.40. The van der Waals surface area contributed by atoms with Gasteiger partial charge in [-0.2, -0.15) is 0 Å². The Labute approximate surface area is 127 Å². The molecule has 0 aliphatic heterocycles. The van der Waals surface area contributed by atoms with Gasteiger partial charge in [0.2, 0.25) is 5.89 Å². The fourth-order valence-corrected chi connectivity index (χ4v) is 2.50. The van der Waals surface area contributed by atoms with Crippen LogP contribution < -0.4 is 5.63 Å². The van der Waals surface area contributed by atoms with Crippen molar-refractivity contribution in [2.24, 2.45) is 0 Å². The van der Waals surface area contributed by atoms with Crippen LogP contribution >= 0.6 is 34.2 Å². The summed E-state index contributed by atoms with van der Waals surface area (Å²) in [5.74, 6) is 0.304. The predicted octanol–water partition coefficient (Wildman–Crippen LogP) is 4.11. The number of nitrogens with zero attached hydrogens (tertiary/aromatic N) is 1. The van der Waals surface area contributed by atoms with Crippen molar-refractivity contribution < 1.29 is 4.42 Å². The summed E-state index contributed by atoms with van der Waals surface area (Å²) in [7, 11) is 0. The highest BCUT2D eigenvalue weighted by molar-refractivity contribution is 14.1. The average Bonchev–Trinajstić information content (AvgIpc) is 2.38. The fraction of sp³-hybridized carbons (Fsp3) is 0. The van der Waals surface area contributed by atoms with E-state index in [9.17, 15) is 4.79 Å². The topological polar surface area (TPSA) is 43.1 Å². The van der Waals surface area contributed by atoms with Crippen LogP contribution in [0.1, 0.15) is 0 Å².